The molecule has 0 aliphatic carbocycles. The predicted octanol–water partition coefficient (Wildman–Crippen LogP) is 3.67. The summed E-state index contributed by atoms with van der Waals surface area (Å²) in [6.07, 6.45) is 0.901. The SMILES string of the molecule is NCCc1ccccc1COCc1ccc(Br)cc1. The summed E-state index contributed by atoms with van der Waals surface area (Å²) in [6.45, 7) is 1.93. The molecule has 2 nitrogen and oxygen atoms in total. The first-order valence-electron chi connectivity index (χ1n) is 6.38. The molecule has 0 fully saturated rings. The number of rotatable bonds is 6. The first-order chi connectivity index (χ1) is 9.29. The normalized spacial score (nSPS) is 10.6. The molecule has 0 spiro atoms. The molecule has 0 atom stereocenters. The van der Waals surface area contributed by atoms with Crippen LogP contribution in [0.4, 0.5) is 0 Å². The van der Waals surface area contributed by atoms with Gasteiger partial charge in [-0.05, 0) is 41.8 Å². The Bertz CT molecular complexity index is 510. The summed E-state index contributed by atoms with van der Waals surface area (Å²) < 4.78 is 6.86. The van der Waals surface area contributed by atoms with Crippen molar-refractivity contribution in [3.63, 3.8) is 0 Å². The Morgan fingerprint density at radius 3 is 2.26 bits per heavy atom. The van der Waals surface area contributed by atoms with Gasteiger partial charge in [0.2, 0.25) is 0 Å². The smallest absolute Gasteiger partial charge is 0.0724 e. The van der Waals surface area contributed by atoms with Crippen molar-refractivity contribution in [3.8, 4) is 0 Å². The number of nitrogens with two attached hydrogens (primary N) is 1. The summed E-state index contributed by atoms with van der Waals surface area (Å²) in [6, 6.07) is 16.5. The molecule has 0 aliphatic rings. The van der Waals surface area contributed by atoms with Crippen LogP contribution in [-0.2, 0) is 24.4 Å². The highest BCUT2D eigenvalue weighted by Gasteiger charge is 2.01. The Balaban J connectivity index is 1.90. The van der Waals surface area contributed by atoms with E-state index in [0.29, 0.717) is 19.8 Å². The standard InChI is InChI=1S/C16H18BrNO/c17-16-7-5-13(6-8-16)11-19-12-15-4-2-1-3-14(15)9-10-18/h1-8H,9-12,18H2. The predicted molar refractivity (Wildman–Crippen MR) is 81.8 cm³/mol. The van der Waals surface area contributed by atoms with Crippen molar-refractivity contribution in [2.75, 3.05) is 6.54 Å². The van der Waals surface area contributed by atoms with Crippen LogP contribution < -0.4 is 5.73 Å². The maximum atomic E-state index is 5.78. The molecule has 2 aromatic rings. The largest absolute Gasteiger partial charge is 0.372 e. The Morgan fingerprint density at radius 2 is 1.58 bits per heavy atom. The lowest BCUT2D eigenvalue weighted by Gasteiger charge is -2.09. The number of benzene rings is 2. The molecule has 0 unspecified atom stereocenters. The molecule has 0 saturated heterocycles. The van der Waals surface area contributed by atoms with Crippen LogP contribution in [-0.4, -0.2) is 6.54 Å². The monoisotopic (exact) mass is 319 g/mol. The van der Waals surface area contributed by atoms with Crippen LogP contribution >= 0.6 is 15.9 Å². The molecule has 0 amide bonds. The molecule has 0 bridgehead atoms. The highest BCUT2D eigenvalue weighted by molar-refractivity contribution is 9.10. The van der Waals surface area contributed by atoms with Crippen LogP contribution in [0.5, 0.6) is 0 Å². The molecule has 0 radical (unpaired) electrons. The van der Waals surface area contributed by atoms with Gasteiger partial charge in [0.05, 0.1) is 13.2 Å². The summed E-state index contributed by atoms with van der Waals surface area (Å²) in [7, 11) is 0. The van der Waals surface area contributed by atoms with Gasteiger partial charge in [-0.15, -0.1) is 0 Å². The van der Waals surface area contributed by atoms with Gasteiger partial charge in [-0.2, -0.15) is 0 Å². The van der Waals surface area contributed by atoms with Crippen molar-refractivity contribution >= 4 is 15.9 Å². The van der Waals surface area contributed by atoms with Crippen LogP contribution in [0.1, 0.15) is 16.7 Å². The molecule has 2 N–H and O–H groups in total. The second-order valence-corrected chi connectivity index (χ2v) is 5.34. The van der Waals surface area contributed by atoms with E-state index in [1.54, 1.807) is 0 Å². The lowest BCUT2D eigenvalue weighted by Crippen LogP contribution is -2.06. The Morgan fingerprint density at radius 1 is 0.895 bits per heavy atom. The fraction of sp³-hybridized carbons (Fsp3) is 0.250. The van der Waals surface area contributed by atoms with Gasteiger partial charge in [-0.25, -0.2) is 0 Å². The fourth-order valence-electron chi connectivity index (χ4n) is 1.96. The summed E-state index contributed by atoms with van der Waals surface area (Å²) in [5.74, 6) is 0. The van der Waals surface area contributed by atoms with Crippen LogP contribution in [0.2, 0.25) is 0 Å². The maximum Gasteiger partial charge on any atom is 0.0724 e. The van der Waals surface area contributed by atoms with Crippen molar-refractivity contribution < 1.29 is 4.74 Å². The van der Waals surface area contributed by atoms with Crippen LogP contribution in [0.3, 0.4) is 0 Å². The molecule has 19 heavy (non-hydrogen) atoms. The zero-order chi connectivity index (χ0) is 13.5. The number of ether oxygens (including phenoxy) is 1. The molecule has 0 heterocycles. The van der Waals surface area contributed by atoms with E-state index >= 15 is 0 Å². The average molecular weight is 320 g/mol. The van der Waals surface area contributed by atoms with Crippen LogP contribution in [0.15, 0.2) is 53.0 Å². The Labute approximate surface area is 122 Å². The molecular formula is C16H18BrNO. The van der Waals surface area contributed by atoms with Crippen molar-refractivity contribution in [2.24, 2.45) is 5.73 Å². The first-order valence-corrected chi connectivity index (χ1v) is 7.18. The molecule has 2 aromatic carbocycles. The van der Waals surface area contributed by atoms with E-state index in [9.17, 15) is 0 Å². The van der Waals surface area contributed by atoms with Gasteiger partial charge >= 0.3 is 0 Å². The van der Waals surface area contributed by atoms with E-state index < -0.39 is 0 Å². The zero-order valence-corrected chi connectivity index (χ0v) is 12.4. The minimum Gasteiger partial charge on any atom is -0.372 e. The second-order valence-electron chi connectivity index (χ2n) is 4.43. The molecule has 3 heteroatoms. The Hall–Kier alpha value is -1.16. The van der Waals surface area contributed by atoms with Gasteiger partial charge in [-0.1, -0.05) is 52.3 Å². The molecular weight excluding hydrogens is 302 g/mol. The van der Waals surface area contributed by atoms with Gasteiger partial charge in [0.1, 0.15) is 0 Å². The summed E-state index contributed by atoms with van der Waals surface area (Å²) >= 11 is 3.42. The molecule has 0 aliphatic heterocycles. The van der Waals surface area contributed by atoms with Gasteiger partial charge < -0.3 is 10.5 Å². The van der Waals surface area contributed by atoms with Gasteiger partial charge in [0.15, 0.2) is 0 Å². The average Bonchev–Trinajstić information content (AvgIpc) is 2.43. The Kier molecular flexibility index (Phi) is 5.58. The van der Waals surface area contributed by atoms with Crippen molar-refractivity contribution in [2.45, 2.75) is 19.6 Å². The number of halogens is 1. The summed E-state index contributed by atoms with van der Waals surface area (Å²) in [5.41, 5.74) is 9.30. The second kappa shape index (κ2) is 7.43. The molecule has 0 saturated carbocycles. The van der Waals surface area contributed by atoms with E-state index in [1.807, 2.05) is 24.3 Å². The third kappa shape index (κ3) is 4.46. The van der Waals surface area contributed by atoms with Gasteiger partial charge in [-0.3, -0.25) is 0 Å². The lowest BCUT2D eigenvalue weighted by atomic mass is 10.1. The fourth-order valence-corrected chi connectivity index (χ4v) is 2.22. The minimum absolute atomic E-state index is 0.629. The van der Waals surface area contributed by atoms with E-state index in [2.05, 4.69) is 40.2 Å². The van der Waals surface area contributed by atoms with Crippen molar-refractivity contribution in [3.05, 3.63) is 69.7 Å². The maximum absolute atomic E-state index is 5.78. The lowest BCUT2D eigenvalue weighted by molar-refractivity contribution is 0.106. The third-order valence-corrected chi connectivity index (χ3v) is 3.50. The van der Waals surface area contributed by atoms with Gasteiger partial charge in [0.25, 0.3) is 0 Å². The zero-order valence-electron chi connectivity index (χ0n) is 10.8. The number of hydrogen-bond donors (Lipinski definition) is 1. The summed E-state index contributed by atoms with van der Waals surface area (Å²) in [4.78, 5) is 0. The van der Waals surface area contributed by atoms with Crippen LogP contribution in [0.25, 0.3) is 0 Å². The van der Waals surface area contributed by atoms with E-state index in [-0.39, 0.29) is 0 Å². The van der Waals surface area contributed by atoms with E-state index in [4.69, 9.17) is 10.5 Å². The highest BCUT2D eigenvalue weighted by Crippen LogP contribution is 2.14. The van der Waals surface area contributed by atoms with Crippen molar-refractivity contribution in [1.82, 2.24) is 0 Å². The molecule has 100 valence electrons. The number of hydrogen-bond acceptors (Lipinski definition) is 2. The molecule has 0 aromatic heterocycles. The molecule has 2 rings (SSSR count). The summed E-state index contributed by atoms with van der Waals surface area (Å²) in [5, 5.41) is 0. The van der Waals surface area contributed by atoms with Crippen LogP contribution in [0, 0.1) is 0 Å². The minimum atomic E-state index is 0.629. The van der Waals surface area contributed by atoms with E-state index in [0.717, 1.165) is 10.9 Å². The van der Waals surface area contributed by atoms with Crippen molar-refractivity contribution in [1.29, 1.82) is 0 Å². The third-order valence-electron chi connectivity index (χ3n) is 2.97. The first kappa shape index (κ1) is 14.3. The van der Waals surface area contributed by atoms with E-state index in [1.165, 1.54) is 16.7 Å². The topological polar surface area (TPSA) is 35.2 Å². The van der Waals surface area contributed by atoms with Gasteiger partial charge in [0, 0.05) is 4.47 Å². The quantitative estimate of drug-likeness (QED) is 0.881. The highest BCUT2D eigenvalue weighted by atomic mass is 79.9.